The number of allylic oxidation sites excluding steroid dienone is 8. The summed E-state index contributed by atoms with van der Waals surface area (Å²) in [7, 11) is 0. The number of halogens is 8. The molecule has 6 aromatic carbocycles. The summed E-state index contributed by atoms with van der Waals surface area (Å²) in [6.45, 7) is 0. The number of nitrogens with zero attached hydrogens (tertiary/aromatic N) is 2. The average Bonchev–Trinajstić information content (AvgIpc) is 4.07. The predicted molar refractivity (Wildman–Crippen MR) is 204 cm³/mol. The SMILES string of the molecule is Fc1c(F)[c]([Ti]([C]2=CC=CC2)([C]2=CC=CC2)[c]2c(F)c(F)c(-n3c4ccccc4c4ccccc43)c(F)c2F)c(F)c(F)c1-n1c2ccccc2c2ccccc21. The van der Waals surface area contributed by atoms with Crippen molar-refractivity contribution in [1.82, 2.24) is 9.13 Å². The molecular formula is C46H26F8N2Ti. The fourth-order valence-corrected chi connectivity index (χ4v) is 17.2. The van der Waals surface area contributed by atoms with Gasteiger partial charge in [0.15, 0.2) is 0 Å². The van der Waals surface area contributed by atoms with Crippen molar-refractivity contribution >= 4 is 51.3 Å². The number of aromatic nitrogens is 2. The van der Waals surface area contributed by atoms with E-state index in [4.69, 9.17) is 0 Å². The molecular weight excluding hydrogens is 780 g/mol. The van der Waals surface area contributed by atoms with Gasteiger partial charge in [-0.3, -0.25) is 0 Å². The molecule has 280 valence electrons. The van der Waals surface area contributed by atoms with Gasteiger partial charge in [0.1, 0.15) is 0 Å². The minimum atomic E-state index is -6.13. The van der Waals surface area contributed by atoms with Crippen molar-refractivity contribution in [1.29, 1.82) is 0 Å². The topological polar surface area (TPSA) is 9.86 Å². The van der Waals surface area contributed by atoms with Gasteiger partial charge in [-0.15, -0.1) is 0 Å². The van der Waals surface area contributed by atoms with Crippen LogP contribution in [0, 0.1) is 46.5 Å². The number of benzene rings is 6. The first-order valence-corrected chi connectivity index (χ1v) is 21.2. The molecule has 0 saturated heterocycles. The second-order valence-corrected chi connectivity index (χ2v) is 20.0. The molecule has 2 nitrogen and oxygen atoms in total. The molecule has 2 aliphatic rings. The van der Waals surface area contributed by atoms with E-state index in [0.717, 1.165) is 9.13 Å². The first kappa shape index (κ1) is 35.4. The molecule has 2 aromatic heterocycles. The molecule has 0 atom stereocenters. The summed E-state index contributed by atoms with van der Waals surface area (Å²) in [6.07, 6.45) is 8.47. The van der Waals surface area contributed by atoms with Crippen LogP contribution in [0.25, 0.3) is 55.0 Å². The number of para-hydroxylation sites is 4. The molecule has 0 fully saturated rings. The van der Waals surface area contributed by atoms with Gasteiger partial charge in [-0.25, -0.2) is 0 Å². The van der Waals surface area contributed by atoms with Crippen LogP contribution in [0.15, 0.2) is 141 Å². The molecule has 57 heavy (non-hydrogen) atoms. The van der Waals surface area contributed by atoms with Gasteiger partial charge in [0, 0.05) is 0 Å². The Labute approximate surface area is 322 Å². The van der Waals surface area contributed by atoms with E-state index in [1.807, 2.05) is 0 Å². The van der Waals surface area contributed by atoms with Crippen LogP contribution in [0.1, 0.15) is 12.8 Å². The van der Waals surface area contributed by atoms with Gasteiger partial charge in [-0.1, -0.05) is 0 Å². The molecule has 2 heterocycles. The molecule has 0 bridgehead atoms. The zero-order chi connectivity index (χ0) is 39.3. The molecule has 0 spiro atoms. The monoisotopic (exact) mass is 806 g/mol. The Morgan fingerprint density at radius 3 is 0.912 bits per heavy atom. The molecule has 8 aromatic rings. The minimum absolute atomic E-state index is 0.0207. The summed E-state index contributed by atoms with van der Waals surface area (Å²) >= 11 is -6.13. The number of hydrogen-bond donors (Lipinski definition) is 0. The van der Waals surface area contributed by atoms with Gasteiger partial charge in [0.25, 0.3) is 0 Å². The van der Waals surface area contributed by atoms with Crippen LogP contribution in [0.2, 0.25) is 0 Å². The van der Waals surface area contributed by atoms with Crippen molar-refractivity contribution in [3.8, 4) is 11.4 Å². The zero-order valence-electron chi connectivity index (χ0n) is 29.5. The zero-order valence-corrected chi connectivity index (χ0v) is 31.1. The molecule has 0 radical (unpaired) electrons. The average molecular weight is 807 g/mol. The number of hydrogen-bond acceptors (Lipinski definition) is 0. The second kappa shape index (κ2) is 13.0. The van der Waals surface area contributed by atoms with E-state index in [-0.39, 0.29) is 42.7 Å². The van der Waals surface area contributed by atoms with Gasteiger partial charge in [0.2, 0.25) is 0 Å². The van der Waals surface area contributed by atoms with Crippen molar-refractivity contribution in [2.75, 3.05) is 0 Å². The van der Waals surface area contributed by atoms with E-state index in [2.05, 4.69) is 0 Å². The van der Waals surface area contributed by atoms with Crippen molar-refractivity contribution < 1.29 is 51.7 Å². The van der Waals surface area contributed by atoms with Gasteiger partial charge >= 0.3 is 324 Å². The summed E-state index contributed by atoms with van der Waals surface area (Å²) in [5.41, 5.74) is -1.21. The third-order valence-electron chi connectivity index (χ3n) is 11.3. The summed E-state index contributed by atoms with van der Waals surface area (Å²) in [4.78, 5) is 0. The Morgan fingerprint density at radius 1 is 0.368 bits per heavy atom. The summed E-state index contributed by atoms with van der Waals surface area (Å²) in [5, 5.41) is 2.19. The molecule has 0 amide bonds. The molecule has 0 aliphatic heterocycles. The fourth-order valence-electron chi connectivity index (χ4n) is 9.04. The maximum absolute atomic E-state index is 17.4. The first-order chi connectivity index (χ1) is 27.7. The normalized spacial score (nSPS) is 14.2. The van der Waals surface area contributed by atoms with Gasteiger partial charge in [-0.05, 0) is 0 Å². The summed E-state index contributed by atoms with van der Waals surface area (Å²) < 4.78 is 138. The number of fused-ring (bicyclic) bond motifs is 6. The summed E-state index contributed by atoms with van der Waals surface area (Å²) in [6, 6.07) is 26.2. The molecule has 0 saturated carbocycles. The van der Waals surface area contributed by atoms with E-state index >= 15 is 35.1 Å². The van der Waals surface area contributed by atoms with Crippen LogP contribution in [0.4, 0.5) is 35.1 Å². The molecule has 2 aliphatic carbocycles. The second-order valence-electron chi connectivity index (χ2n) is 14.1. The third kappa shape index (κ3) is 4.74. The van der Waals surface area contributed by atoms with Crippen molar-refractivity contribution in [3.63, 3.8) is 0 Å². The third-order valence-corrected chi connectivity index (χ3v) is 19.2. The predicted octanol–water partition coefficient (Wildman–Crippen LogP) is 11.8. The first-order valence-electron chi connectivity index (χ1n) is 18.1. The van der Waals surface area contributed by atoms with Crippen molar-refractivity contribution in [3.05, 3.63) is 188 Å². The molecule has 0 unspecified atom stereocenters. The molecule has 0 N–H and O–H groups in total. The van der Waals surface area contributed by atoms with Crippen LogP contribution < -0.4 is 7.74 Å². The van der Waals surface area contributed by atoms with Crippen LogP contribution in [0.5, 0.6) is 0 Å². The number of rotatable bonds is 6. The Hall–Kier alpha value is -5.97. The molecule has 11 heteroatoms. The Morgan fingerprint density at radius 2 is 0.649 bits per heavy atom. The molecule has 10 rings (SSSR count). The summed E-state index contributed by atoms with van der Waals surface area (Å²) in [5.74, 6) is -14.9. The van der Waals surface area contributed by atoms with Crippen LogP contribution in [-0.2, 0) is 16.6 Å². The standard InChI is InChI=1S/2C18H8F4N.2C5H5.Ti/c2*19-12-9-13(20)17(22)18(16(12)21)23-14-7-3-1-5-10(14)11-6-2-4-8-15(11)23;2*1-2-4-5-3-1;/h2*1-8H;2*1-3H,4H2;. The van der Waals surface area contributed by atoms with Gasteiger partial charge in [-0.2, -0.15) is 0 Å². The van der Waals surface area contributed by atoms with Crippen molar-refractivity contribution in [2.24, 2.45) is 0 Å². The van der Waals surface area contributed by atoms with E-state index in [1.165, 1.54) is 24.3 Å². The van der Waals surface area contributed by atoms with E-state index in [0.29, 0.717) is 21.5 Å². The Bertz CT molecular complexity index is 2810. The Kier molecular flexibility index (Phi) is 8.11. The van der Waals surface area contributed by atoms with Crippen LogP contribution in [-0.4, -0.2) is 9.13 Å². The van der Waals surface area contributed by atoms with E-state index in [9.17, 15) is 0 Å². The Balaban J connectivity index is 1.32. The fraction of sp³-hybridized carbons (Fsp3) is 0.0435. The van der Waals surface area contributed by atoms with E-state index < -0.39 is 82.2 Å². The maximum atomic E-state index is 17.4. The van der Waals surface area contributed by atoms with Crippen molar-refractivity contribution in [2.45, 2.75) is 12.8 Å². The van der Waals surface area contributed by atoms with Gasteiger partial charge in [0.05, 0.1) is 0 Å². The van der Waals surface area contributed by atoms with E-state index in [1.54, 1.807) is 109 Å². The van der Waals surface area contributed by atoms with Crippen LogP contribution in [0.3, 0.4) is 0 Å². The quantitative estimate of drug-likeness (QED) is 0.0900. The van der Waals surface area contributed by atoms with Crippen LogP contribution >= 0.6 is 0 Å². The van der Waals surface area contributed by atoms with Gasteiger partial charge < -0.3 is 0 Å².